The van der Waals surface area contributed by atoms with Crippen LogP contribution in [0.4, 0.5) is 29.0 Å². The quantitative estimate of drug-likeness (QED) is 0.0683. The Morgan fingerprint density at radius 1 is 0.578 bits per heavy atom. The zero-order chi connectivity index (χ0) is 46.0. The first kappa shape index (κ1) is 44.9. The standard InChI is InChI=1S/C23H23N5O4S.C22H24N6O2S/c1-23(2,3)27-33(31,32)19-9-5-6-15(13-19)20-11-10-18-14-24-22(26-28(18)20)25-17-8-4-7-16(12-17)21(29)30;1-22(2,3)27-31(29,30)19-9-4-6-15(12-19)20-11-10-18-14-24-21(26-28(18)20)25-17-8-5-7-16(23)13-17/h4-14,27H,1-3H3,(H,25,26)(H,29,30);4-14,27H,23H2,1-3H3,(H,25,26). The first-order valence-corrected chi connectivity index (χ1v) is 22.8. The summed E-state index contributed by atoms with van der Waals surface area (Å²) in [6.07, 6.45) is 3.33. The number of sulfonamides is 2. The number of nitrogen functional groups attached to an aromatic ring is 1. The number of aromatic nitrogens is 6. The summed E-state index contributed by atoms with van der Waals surface area (Å²) in [6, 6.07) is 34.5. The minimum Gasteiger partial charge on any atom is -0.478 e. The maximum absolute atomic E-state index is 12.8. The molecule has 0 saturated heterocycles. The first-order valence-electron chi connectivity index (χ1n) is 19.8. The third kappa shape index (κ3) is 10.9. The molecule has 8 aromatic rings. The molecule has 0 aliphatic carbocycles. The maximum Gasteiger partial charge on any atom is 0.335 e. The number of anilines is 5. The maximum atomic E-state index is 12.8. The number of rotatable bonds is 11. The molecular formula is C45H47N11O6S2. The van der Waals surface area contributed by atoms with Crippen LogP contribution in [0.15, 0.2) is 144 Å². The molecule has 330 valence electrons. The second-order valence-corrected chi connectivity index (χ2v) is 20.2. The van der Waals surface area contributed by atoms with E-state index in [1.807, 2.05) is 48.5 Å². The number of benzene rings is 4. The fourth-order valence-corrected chi connectivity index (χ4v) is 9.46. The van der Waals surface area contributed by atoms with Crippen molar-refractivity contribution in [2.75, 3.05) is 16.4 Å². The van der Waals surface area contributed by atoms with Crippen molar-refractivity contribution in [1.82, 2.24) is 38.6 Å². The van der Waals surface area contributed by atoms with Gasteiger partial charge in [0.2, 0.25) is 31.9 Å². The van der Waals surface area contributed by atoms with Crippen LogP contribution in [0.25, 0.3) is 33.5 Å². The zero-order valence-corrected chi connectivity index (χ0v) is 37.4. The number of carboxylic acid groups (broad SMARTS) is 1. The third-order valence-electron chi connectivity index (χ3n) is 9.07. The Kier molecular flexibility index (Phi) is 12.3. The molecule has 0 saturated carbocycles. The molecule has 0 bridgehead atoms. The normalized spacial score (nSPS) is 12.2. The van der Waals surface area contributed by atoms with Gasteiger partial charge < -0.3 is 21.5 Å². The first-order chi connectivity index (χ1) is 30.1. The Balaban J connectivity index is 0.000000192. The Morgan fingerprint density at radius 3 is 1.45 bits per heavy atom. The van der Waals surface area contributed by atoms with Gasteiger partial charge in [-0.2, -0.15) is 0 Å². The molecule has 19 heteroatoms. The van der Waals surface area contributed by atoms with E-state index in [1.165, 1.54) is 12.1 Å². The Labute approximate surface area is 370 Å². The number of nitrogens with one attached hydrogen (secondary N) is 4. The minimum absolute atomic E-state index is 0.143. The highest BCUT2D eigenvalue weighted by Gasteiger charge is 2.24. The van der Waals surface area contributed by atoms with E-state index in [9.17, 15) is 26.7 Å². The van der Waals surface area contributed by atoms with Crippen molar-refractivity contribution >= 4 is 66.0 Å². The molecule has 4 aromatic heterocycles. The molecule has 0 radical (unpaired) electrons. The summed E-state index contributed by atoms with van der Waals surface area (Å²) in [4.78, 5) is 20.2. The van der Waals surface area contributed by atoms with Crippen molar-refractivity contribution in [3.05, 3.63) is 139 Å². The zero-order valence-electron chi connectivity index (χ0n) is 35.8. The van der Waals surface area contributed by atoms with Gasteiger partial charge in [0.1, 0.15) is 0 Å². The van der Waals surface area contributed by atoms with Gasteiger partial charge in [0.15, 0.2) is 0 Å². The molecular weight excluding hydrogens is 855 g/mol. The molecule has 4 aromatic carbocycles. The van der Waals surface area contributed by atoms with Crippen LogP contribution < -0.4 is 25.8 Å². The highest BCUT2D eigenvalue weighted by Crippen LogP contribution is 2.28. The van der Waals surface area contributed by atoms with E-state index in [4.69, 9.17) is 5.73 Å². The number of carbonyl (C=O) groups is 1. The summed E-state index contributed by atoms with van der Waals surface area (Å²) in [7, 11) is -7.35. The number of hydrogen-bond donors (Lipinski definition) is 6. The third-order valence-corrected chi connectivity index (χ3v) is 12.6. The van der Waals surface area contributed by atoms with Crippen molar-refractivity contribution in [2.24, 2.45) is 0 Å². The fourth-order valence-electron chi connectivity index (χ4n) is 6.53. The predicted molar refractivity (Wildman–Crippen MR) is 248 cm³/mol. The molecule has 0 aliphatic heterocycles. The van der Waals surface area contributed by atoms with Crippen molar-refractivity contribution < 1.29 is 26.7 Å². The van der Waals surface area contributed by atoms with E-state index in [0.717, 1.165) is 28.0 Å². The minimum atomic E-state index is -3.70. The topological polar surface area (TPSA) is 240 Å². The molecule has 0 aliphatic rings. The van der Waals surface area contributed by atoms with Gasteiger partial charge in [-0.1, -0.05) is 36.4 Å². The Hall–Kier alpha value is -7.19. The van der Waals surface area contributed by atoms with Gasteiger partial charge in [0.25, 0.3) is 0 Å². The van der Waals surface area contributed by atoms with Crippen LogP contribution >= 0.6 is 0 Å². The number of aromatic carboxylic acids is 1. The summed E-state index contributed by atoms with van der Waals surface area (Å²) in [5, 5.41) is 24.4. The molecule has 8 rings (SSSR count). The Morgan fingerprint density at radius 2 is 1.02 bits per heavy atom. The lowest BCUT2D eigenvalue weighted by Crippen LogP contribution is -2.40. The molecule has 0 atom stereocenters. The number of hydrogen-bond acceptors (Lipinski definition) is 12. The van der Waals surface area contributed by atoms with Crippen molar-refractivity contribution in [2.45, 2.75) is 62.4 Å². The monoisotopic (exact) mass is 901 g/mol. The number of fused-ring (bicyclic) bond motifs is 2. The molecule has 0 amide bonds. The van der Waals surface area contributed by atoms with Crippen molar-refractivity contribution in [3.63, 3.8) is 0 Å². The highest BCUT2D eigenvalue weighted by molar-refractivity contribution is 7.89. The van der Waals surface area contributed by atoms with E-state index >= 15 is 0 Å². The number of nitrogens with two attached hydrogens (primary N) is 1. The smallest absolute Gasteiger partial charge is 0.335 e. The summed E-state index contributed by atoms with van der Waals surface area (Å²) in [6.45, 7) is 10.8. The fraction of sp³-hybridized carbons (Fsp3) is 0.178. The molecule has 0 spiro atoms. The summed E-state index contributed by atoms with van der Waals surface area (Å²) < 4.78 is 59.8. The van der Waals surface area contributed by atoms with Crippen LogP contribution in [0.2, 0.25) is 0 Å². The van der Waals surface area contributed by atoms with Gasteiger partial charge in [-0.05, 0) is 126 Å². The number of nitrogens with zero attached hydrogens (tertiary/aromatic N) is 6. The van der Waals surface area contributed by atoms with Gasteiger partial charge in [-0.25, -0.2) is 50.1 Å². The number of carboxylic acids is 1. The molecule has 0 unspecified atom stereocenters. The molecule has 17 nitrogen and oxygen atoms in total. The van der Waals surface area contributed by atoms with E-state index in [2.05, 4.69) is 40.2 Å². The second-order valence-electron chi connectivity index (χ2n) is 16.8. The van der Waals surface area contributed by atoms with Gasteiger partial charge >= 0.3 is 5.97 Å². The molecule has 64 heavy (non-hydrogen) atoms. The van der Waals surface area contributed by atoms with Gasteiger partial charge in [-0.15, -0.1) is 10.2 Å². The summed E-state index contributed by atoms with van der Waals surface area (Å²) >= 11 is 0. The van der Waals surface area contributed by atoms with Crippen molar-refractivity contribution in [3.8, 4) is 22.5 Å². The SMILES string of the molecule is CC(C)(C)NS(=O)(=O)c1cccc(-c2ccc3cnc(Nc4cccc(C(=O)O)c4)nn23)c1.CC(C)(C)NS(=O)(=O)c1cccc(-c2ccc3cnc(Nc4cccc(N)c4)nn23)c1. The molecule has 4 heterocycles. The van der Waals surface area contributed by atoms with E-state index < -0.39 is 37.1 Å². The van der Waals surface area contributed by atoms with Crippen LogP contribution in [0.3, 0.4) is 0 Å². The lowest BCUT2D eigenvalue weighted by Gasteiger charge is -2.20. The van der Waals surface area contributed by atoms with Gasteiger partial charge in [0.05, 0.1) is 50.2 Å². The van der Waals surface area contributed by atoms with Gasteiger partial charge in [-0.3, -0.25) is 0 Å². The largest absolute Gasteiger partial charge is 0.478 e. The van der Waals surface area contributed by atoms with E-state index in [-0.39, 0.29) is 21.3 Å². The molecule has 0 fully saturated rings. The van der Waals surface area contributed by atoms with Crippen LogP contribution in [0, 0.1) is 0 Å². The predicted octanol–water partition coefficient (Wildman–Crippen LogP) is 7.71. The lowest BCUT2D eigenvalue weighted by atomic mass is 10.1. The lowest BCUT2D eigenvalue weighted by molar-refractivity contribution is 0.0696. The molecule has 7 N–H and O–H groups in total. The second kappa shape index (κ2) is 17.5. The van der Waals surface area contributed by atoms with Gasteiger partial charge in [0, 0.05) is 39.3 Å². The van der Waals surface area contributed by atoms with Crippen LogP contribution in [-0.4, -0.2) is 68.2 Å². The van der Waals surface area contributed by atoms with Crippen molar-refractivity contribution in [1.29, 1.82) is 0 Å². The average Bonchev–Trinajstić information content (AvgIpc) is 3.84. The average molecular weight is 902 g/mol. The van der Waals surface area contributed by atoms with Crippen LogP contribution in [-0.2, 0) is 20.0 Å². The van der Waals surface area contributed by atoms with E-state index in [0.29, 0.717) is 28.6 Å². The van der Waals surface area contributed by atoms with E-state index in [1.54, 1.807) is 124 Å². The van der Waals surface area contributed by atoms with Crippen LogP contribution in [0.1, 0.15) is 51.9 Å². The highest BCUT2D eigenvalue weighted by atomic mass is 32.2. The van der Waals surface area contributed by atoms with Crippen LogP contribution in [0.5, 0.6) is 0 Å². The Bertz CT molecular complexity index is 3250. The summed E-state index contributed by atoms with van der Waals surface area (Å²) in [5.74, 6) is -0.368. The summed E-state index contributed by atoms with van der Waals surface area (Å²) in [5.41, 5.74) is 11.1.